The number of amides is 1. The Morgan fingerprint density at radius 1 is 1.12 bits per heavy atom. The molecule has 1 amide bonds. The van der Waals surface area contributed by atoms with Crippen LogP contribution in [0.5, 0.6) is 0 Å². The lowest BCUT2D eigenvalue weighted by Crippen LogP contribution is -2.32. The van der Waals surface area contributed by atoms with Crippen LogP contribution < -0.4 is 5.32 Å². The molecule has 0 saturated heterocycles. The van der Waals surface area contributed by atoms with Crippen molar-refractivity contribution in [3.63, 3.8) is 0 Å². The number of ether oxygens (including phenoxy) is 1. The van der Waals surface area contributed by atoms with Gasteiger partial charge in [0.1, 0.15) is 5.82 Å². The van der Waals surface area contributed by atoms with E-state index >= 15 is 0 Å². The second-order valence-electron chi connectivity index (χ2n) is 7.67. The van der Waals surface area contributed by atoms with Gasteiger partial charge in [-0.3, -0.25) is 4.79 Å². The number of pyridine rings is 1. The molecule has 0 fully saturated rings. The number of hydrogen-bond donors (Lipinski definition) is 2. The van der Waals surface area contributed by atoms with Crippen LogP contribution in [-0.2, 0) is 14.8 Å². The van der Waals surface area contributed by atoms with Gasteiger partial charge in [-0.15, -0.1) is 0 Å². The quantitative estimate of drug-likeness (QED) is 0.390. The van der Waals surface area contributed by atoms with E-state index in [1.165, 1.54) is 4.31 Å². The molecule has 3 aromatic rings. The number of imidazole rings is 1. The van der Waals surface area contributed by atoms with Gasteiger partial charge in [-0.2, -0.15) is 4.31 Å². The topological polar surface area (TPSA) is 117 Å². The van der Waals surface area contributed by atoms with Crippen molar-refractivity contribution >= 4 is 27.1 Å². The molecule has 0 radical (unpaired) electrons. The predicted octanol–water partition coefficient (Wildman–Crippen LogP) is 3.20. The molecule has 2 heterocycles. The minimum Gasteiger partial charge on any atom is -0.385 e. The third-order valence-electron chi connectivity index (χ3n) is 5.16. The average molecular weight is 474 g/mol. The summed E-state index contributed by atoms with van der Waals surface area (Å²) in [4.78, 5) is 24.8. The molecule has 0 atom stereocenters. The van der Waals surface area contributed by atoms with Gasteiger partial charge < -0.3 is 15.0 Å². The first-order chi connectivity index (χ1) is 15.9. The number of sulfonamides is 1. The molecule has 2 N–H and O–H groups in total. The first-order valence-electron chi connectivity index (χ1n) is 11.1. The first-order valence-corrected chi connectivity index (χ1v) is 12.6. The summed E-state index contributed by atoms with van der Waals surface area (Å²) in [6.07, 6.45) is 3.77. The van der Waals surface area contributed by atoms with Gasteiger partial charge in [0.2, 0.25) is 10.0 Å². The summed E-state index contributed by atoms with van der Waals surface area (Å²) in [5.74, 6) is 0.294. The summed E-state index contributed by atoms with van der Waals surface area (Å²) in [5.41, 5.74) is 2.11. The maximum Gasteiger partial charge on any atom is 0.253 e. The highest BCUT2D eigenvalue weighted by molar-refractivity contribution is 7.89. The van der Waals surface area contributed by atoms with Crippen molar-refractivity contribution in [3.8, 4) is 11.4 Å². The van der Waals surface area contributed by atoms with Crippen LogP contribution >= 0.6 is 0 Å². The number of methoxy groups -OCH3 is 1. The first kappa shape index (κ1) is 24.8. The minimum atomic E-state index is -3.55. The monoisotopic (exact) mass is 473 g/mol. The molecule has 3 rings (SSSR count). The number of aromatic nitrogens is 3. The van der Waals surface area contributed by atoms with Crippen LogP contribution in [-0.4, -0.2) is 66.9 Å². The molecule has 0 unspecified atom stereocenters. The molecule has 10 heteroatoms. The zero-order valence-corrected chi connectivity index (χ0v) is 20.1. The highest BCUT2D eigenvalue weighted by atomic mass is 32.2. The number of H-pyrrole nitrogens is 1. The number of fused-ring (bicyclic) bond motifs is 1. The fourth-order valence-electron chi connectivity index (χ4n) is 3.54. The van der Waals surface area contributed by atoms with Crippen molar-refractivity contribution in [2.24, 2.45) is 0 Å². The van der Waals surface area contributed by atoms with Gasteiger partial charge in [-0.05, 0) is 49.6 Å². The molecule has 1 aromatic carbocycles. The van der Waals surface area contributed by atoms with Crippen molar-refractivity contribution in [1.29, 1.82) is 0 Å². The lowest BCUT2D eigenvalue weighted by atomic mass is 10.2. The van der Waals surface area contributed by atoms with Gasteiger partial charge in [0.25, 0.3) is 5.91 Å². The maximum atomic E-state index is 13.0. The number of aromatic amines is 1. The molecule has 0 aliphatic heterocycles. The maximum absolute atomic E-state index is 13.0. The summed E-state index contributed by atoms with van der Waals surface area (Å²) in [6, 6.07) is 8.25. The molecule has 0 aliphatic rings. The van der Waals surface area contributed by atoms with E-state index in [0.29, 0.717) is 60.8 Å². The Balaban J connectivity index is 1.85. The van der Waals surface area contributed by atoms with Crippen LogP contribution in [0.4, 0.5) is 0 Å². The predicted molar refractivity (Wildman–Crippen MR) is 127 cm³/mol. The second kappa shape index (κ2) is 11.4. The SMILES string of the molecule is CCCN(CCC)S(=O)(=O)c1ccc(-c2nc3nccc(C(=O)NCCCOC)c3[nH]2)cc1. The van der Waals surface area contributed by atoms with Crippen LogP contribution in [0.3, 0.4) is 0 Å². The van der Waals surface area contributed by atoms with Crippen molar-refractivity contribution in [3.05, 3.63) is 42.1 Å². The zero-order valence-electron chi connectivity index (χ0n) is 19.3. The number of hydrogen-bond acceptors (Lipinski definition) is 6. The Kier molecular flexibility index (Phi) is 8.54. The van der Waals surface area contributed by atoms with Gasteiger partial charge in [0, 0.05) is 45.1 Å². The summed E-state index contributed by atoms with van der Waals surface area (Å²) >= 11 is 0. The zero-order chi connectivity index (χ0) is 23.8. The fraction of sp³-hybridized carbons (Fsp3) is 0.435. The molecule has 0 saturated carbocycles. The third-order valence-corrected chi connectivity index (χ3v) is 7.07. The van der Waals surface area contributed by atoms with Gasteiger partial charge in [-0.1, -0.05) is 13.8 Å². The van der Waals surface area contributed by atoms with E-state index in [9.17, 15) is 13.2 Å². The smallest absolute Gasteiger partial charge is 0.253 e. The highest BCUT2D eigenvalue weighted by Gasteiger charge is 2.23. The highest BCUT2D eigenvalue weighted by Crippen LogP contribution is 2.24. The molecule has 0 bridgehead atoms. The van der Waals surface area contributed by atoms with E-state index in [0.717, 1.165) is 12.8 Å². The Morgan fingerprint density at radius 3 is 2.45 bits per heavy atom. The minimum absolute atomic E-state index is 0.220. The average Bonchev–Trinajstić information content (AvgIpc) is 3.26. The van der Waals surface area contributed by atoms with E-state index in [1.807, 2.05) is 13.8 Å². The lowest BCUT2D eigenvalue weighted by molar-refractivity contribution is 0.0950. The molecule has 2 aromatic heterocycles. The molecule has 33 heavy (non-hydrogen) atoms. The Labute approximate surface area is 194 Å². The van der Waals surface area contributed by atoms with E-state index in [-0.39, 0.29) is 10.8 Å². The Morgan fingerprint density at radius 2 is 1.82 bits per heavy atom. The summed E-state index contributed by atoms with van der Waals surface area (Å²) in [5, 5.41) is 2.86. The Hall–Kier alpha value is -2.82. The Bertz CT molecular complexity index is 1170. The van der Waals surface area contributed by atoms with Crippen molar-refractivity contribution in [1.82, 2.24) is 24.6 Å². The van der Waals surface area contributed by atoms with Gasteiger partial charge in [0.05, 0.1) is 16.0 Å². The van der Waals surface area contributed by atoms with Crippen LogP contribution in [0.2, 0.25) is 0 Å². The molecule has 9 nitrogen and oxygen atoms in total. The number of rotatable bonds is 12. The van der Waals surface area contributed by atoms with E-state index in [1.54, 1.807) is 43.6 Å². The van der Waals surface area contributed by atoms with E-state index < -0.39 is 10.0 Å². The number of nitrogens with zero attached hydrogens (tertiary/aromatic N) is 3. The number of nitrogens with one attached hydrogen (secondary N) is 2. The van der Waals surface area contributed by atoms with Crippen LogP contribution in [0.1, 0.15) is 43.5 Å². The number of carbonyl (C=O) groups excluding carboxylic acids is 1. The van der Waals surface area contributed by atoms with E-state index in [2.05, 4.69) is 20.3 Å². The number of carbonyl (C=O) groups is 1. The molecular weight excluding hydrogens is 442 g/mol. The standard InChI is InChI=1S/C23H31N5O4S/c1-4-14-28(15-5-2)33(30,31)18-9-7-17(8-10-18)21-26-20-19(11-13-24-22(20)27-21)23(29)25-12-6-16-32-3/h7-11,13H,4-6,12,14-16H2,1-3H3,(H,25,29)(H,24,26,27). The van der Waals surface area contributed by atoms with Crippen molar-refractivity contribution in [2.75, 3.05) is 33.4 Å². The van der Waals surface area contributed by atoms with Crippen LogP contribution in [0.15, 0.2) is 41.4 Å². The second-order valence-corrected chi connectivity index (χ2v) is 9.61. The number of benzene rings is 1. The van der Waals surface area contributed by atoms with Crippen LogP contribution in [0, 0.1) is 0 Å². The van der Waals surface area contributed by atoms with Crippen molar-refractivity contribution < 1.29 is 17.9 Å². The summed E-state index contributed by atoms with van der Waals surface area (Å²) in [7, 11) is -1.93. The summed E-state index contributed by atoms with van der Waals surface area (Å²) in [6.45, 7) is 5.98. The summed E-state index contributed by atoms with van der Waals surface area (Å²) < 4.78 is 32.5. The van der Waals surface area contributed by atoms with Gasteiger partial charge >= 0.3 is 0 Å². The molecular formula is C23H31N5O4S. The molecule has 0 aliphatic carbocycles. The largest absolute Gasteiger partial charge is 0.385 e. The lowest BCUT2D eigenvalue weighted by Gasteiger charge is -2.21. The fourth-order valence-corrected chi connectivity index (χ4v) is 5.16. The van der Waals surface area contributed by atoms with Gasteiger partial charge in [0.15, 0.2) is 5.65 Å². The molecule has 178 valence electrons. The van der Waals surface area contributed by atoms with Gasteiger partial charge in [-0.25, -0.2) is 18.4 Å². The third kappa shape index (κ3) is 5.76. The molecule has 0 spiro atoms. The van der Waals surface area contributed by atoms with Crippen molar-refractivity contribution in [2.45, 2.75) is 38.0 Å². The van der Waals surface area contributed by atoms with E-state index in [4.69, 9.17) is 4.74 Å². The van der Waals surface area contributed by atoms with Crippen LogP contribution in [0.25, 0.3) is 22.6 Å². The normalized spacial score (nSPS) is 11.9.